The first-order chi connectivity index (χ1) is 34.7. The quantitative estimate of drug-likeness (QED) is 0.165. The Labute approximate surface area is 398 Å². The van der Waals surface area contributed by atoms with Crippen LogP contribution in [0.25, 0.3) is 165 Å². The van der Waals surface area contributed by atoms with Gasteiger partial charge in [-0.25, -0.2) is 0 Å². The summed E-state index contributed by atoms with van der Waals surface area (Å²) in [7, 11) is 0. The monoisotopic (exact) mass is 892 g/mol. The second kappa shape index (κ2) is 14.1. The molecule has 12 aromatic carbocycles. The van der Waals surface area contributed by atoms with E-state index in [4.69, 9.17) is 17.7 Å². The highest BCUT2D eigenvalue weighted by atomic mass is 16.4. The molecule has 4 nitrogen and oxygen atoms in total. The van der Waals surface area contributed by atoms with E-state index in [1.54, 1.807) is 0 Å². The zero-order valence-corrected chi connectivity index (χ0v) is 37.4. The van der Waals surface area contributed by atoms with Gasteiger partial charge in [0.05, 0.1) is 10.8 Å². The van der Waals surface area contributed by atoms with E-state index in [1.807, 2.05) is 48.5 Å². The molecule has 4 aromatic heterocycles. The minimum Gasteiger partial charge on any atom is -0.455 e. The Hall–Kier alpha value is -9.38. The number of benzene rings is 12. The molecule has 0 spiro atoms. The third kappa shape index (κ3) is 5.25. The largest absolute Gasteiger partial charge is 0.455 e. The van der Waals surface area contributed by atoms with E-state index >= 15 is 0 Å². The molecule has 16 rings (SSSR count). The zero-order valence-electron chi connectivity index (χ0n) is 37.4. The van der Waals surface area contributed by atoms with Crippen molar-refractivity contribution in [2.75, 3.05) is 0 Å². The Kier molecular flexibility index (Phi) is 7.58. The average molecular weight is 893 g/mol. The molecule has 324 valence electrons. The normalized spacial score (nSPS) is 12.3. The van der Waals surface area contributed by atoms with E-state index in [0.29, 0.717) is 0 Å². The lowest BCUT2D eigenvalue weighted by molar-refractivity contribution is 0.663. The van der Waals surface area contributed by atoms with Crippen molar-refractivity contribution in [3.63, 3.8) is 0 Å². The van der Waals surface area contributed by atoms with Gasteiger partial charge in [-0.15, -0.1) is 0 Å². The molecule has 0 bridgehead atoms. The van der Waals surface area contributed by atoms with Crippen molar-refractivity contribution in [3.05, 3.63) is 218 Å². The van der Waals surface area contributed by atoms with Crippen molar-refractivity contribution in [2.24, 2.45) is 0 Å². The standard InChI is InChI=1S/C66H36O4/c1-2-16-38-31-39(30-29-37(38)15-1)59-45-19-3-5-21-47(45)60(48-22-6-4-20-46(48)59)42-33-40(51-35-53-43-17-7-11-25-55(43)67-65(53)61-49-23-9-13-27-57(49)69-63(51)61)32-41(34-42)52-36-54-44-18-8-12-26-56(44)68-66(54)62-50-24-10-14-28-58(50)70-64(52)62/h1-36H. The topological polar surface area (TPSA) is 52.6 Å². The van der Waals surface area contributed by atoms with Gasteiger partial charge in [-0.2, -0.15) is 0 Å². The van der Waals surface area contributed by atoms with Crippen LogP contribution in [-0.4, -0.2) is 0 Å². The van der Waals surface area contributed by atoms with Crippen LogP contribution in [0.3, 0.4) is 0 Å². The fourth-order valence-electron chi connectivity index (χ4n) is 11.7. The Balaban J connectivity index is 1.07. The highest BCUT2D eigenvalue weighted by Crippen LogP contribution is 2.51. The number of para-hydroxylation sites is 4. The van der Waals surface area contributed by atoms with Gasteiger partial charge in [-0.05, 0) is 126 Å². The smallest absolute Gasteiger partial charge is 0.147 e. The maximum atomic E-state index is 6.98. The first kappa shape index (κ1) is 37.7. The molecule has 0 aliphatic heterocycles. The minimum absolute atomic E-state index is 0.780. The first-order valence-electron chi connectivity index (χ1n) is 23.8. The summed E-state index contributed by atoms with van der Waals surface area (Å²) in [6.07, 6.45) is 0. The van der Waals surface area contributed by atoms with Gasteiger partial charge in [-0.1, -0.05) is 158 Å². The fourth-order valence-corrected chi connectivity index (χ4v) is 11.7. The van der Waals surface area contributed by atoms with E-state index in [2.05, 4.69) is 170 Å². The van der Waals surface area contributed by atoms with Gasteiger partial charge < -0.3 is 17.7 Å². The van der Waals surface area contributed by atoms with Gasteiger partial charge >= 0.3 is 0 Å². The van der Waals surface area contributed by atoms with Crippen molar-refractivity contribution >= 4 is 120 Å². The average Bonchev–Trinajstić information content (AvgIpc) is 4.20. The number of fused-ring (bicyclic) bond motifs is 17. The molecule has 4 heteroatoms. The van der Waals surface area contributed by atoms with Gasteiger partial charge in [0.1, 0.15) is 44.7 Å². The lowest BCUT2D eigenvalue weighted by Gasteiger charge is -2.19. The summed E-state index contributed by atoms with van der Waals surface area (Å²) < 4.78 is 27.4. The van der Waals surface area contributed by atoms with Crippen molar-refractivity contribution in [3.8, 4) is 44.5 Å². The molecule has 70 heavy (non-hydrogen) atoms. The van der Waals surface area contributed by atoms with Crippen molar-refractivity contribution in [2.45, 2.75) is 0 Å². The van der Waals surface area contributed by atoms with Gasteiger partial charge in [0.25, 0.3) is 0 Å². The summed E-state index contributed by atoms with van der Waals surface area (Å²) in [6, 6.07) is 78.1. The Morgan fingerprint density at radius 3 is 1.06 bits per heavy atom. The molecule has 0 N–H and O–H groups in total. The fraction of sp³-hybridized carbons (Fsp3) is 0. The Bertz CT molecular complexity index is 4640. The predicted octanol–water partition coefficient (Wildman–Crippen LogP) is 19.4. The molecule has 4 heterocycles. The molecule has 16 aromatic rings. The third-order valence-corrected chi connectivity index (χ3v) is 14.8. The molecule has 0 unspecified atom stereocenters. The minimum atomic E-state index is 0.780. The van der Waals surface area contributed by atoms with E-state index in [-0.39, 0.29) is 0 Å². The van der Waals surface area contributed by atoms with Crippen LogP contribution in [-0.2, 0) is 0 Å². The van der Waals surface area contributed by atoms with E-state index in [1.165, 1.54) is 43.4 Å². The molecule has 0 amide bonds. The van der Waals surface area contributed by atoms with Crippen LogP contribution in [0.1, 0.15) is 0 Å². The van der Waals surface area contributed by atoms with Crippen LogP contribution >= 0.6 is 0 Å². The zero-order chi connectivity index (χ0) is 45.6. The molecule has 0 aliphatic carbocycles. The molecule has 0 saturated carbocycles. The highest BCUT2D eigenvalue weighted by Gasteiger charge is 2.26. The lowest BCUT2D eigenvalue weighted by Crippen LogP contribution is -1.93. The van der Waals surface area contributed by atoms with Crippen molar-refractivity contribution < 1.29 is 17.7 Å². The van der Waals surface area contributed by atoms with Gasteiger partial charge in [0.15, 0.2) is 0 Å². The second-order valence-corrected chi connectivity index (χ2v) is 18.6. The van der Waals surface area contributed by atoms with E-state index in [9.17, 15) is 0 Å². The van der Waals surface area contributed by atoms with Crippen LogP contribution < -0.4 is 0 Å². The third-order valence-electron chi connectivity index (χ3n) is 14.8. The summed E-state index contributed by atoms with van der Waals surface area (Å²) in [6.45, 7) is 0. The number of furan rings is 4. The maximum Gasteiger partial charge on any atom is 0.147 e. The van der Waals surface area contributed by atoms with Gasteiger partial charge in [-0.3, -0.25) is 0 Å². The van der Waals surface area contributed by atoms with Gasteiger partial charge in [0.2, 0.25) is 0 Å². The molecule has 0 saturated heterocycles. The Morgan fingerprint density at radius 2 is 0.571 bits per heavy atom. The second-order valence-electron chi connectivity index (χ2n) is 18.6. The van der Waals surface area contributed by atoms with Crippen LogP contribution in [0.5, 0.6) is 0 Å². The molecule has 0 fully saturated rings. The summed E-state index contributed by atoms with van der Waals surface area (Å²) in [5, 5.41) is 15.3. The number of rotatable bonds is 4. The highest BCUT2D eigenvalue weighted by molar-refractivity contribution is 6.28. The SMILES string of the molecule is c1ccc2cc(-c3c4ccccc4c(-c4cc(-c5cc6c7ccccc7oc6c6c5oc5ccccc56)cc(-c5cc6c7ccccc7oc6c6c5oc5ccccc56)c4)c4ccccc34)ccc2c1. The summed E-state index contributed by atoms with van der Waals surface area (Å²) in [4.78, 5) is 0. The van der Waals surface area contributed by atoms with Crippen LogP contribution in [0.2, 0.25) is 0 Å². The lowest BCUT2D eigenvalue weighted by atomic mass is 9.84. The molecule has 0 aliphatic rings. The molecule has 0 atom stereocenters. The molecular formula is C66H36O4. The van der Waals surface area contributed by atoms with E-state index in [0.717, 1.165) is 121 Å². The van der Waals surface area contributed by atoms with Crippen LogP contribution in [0.4, 0.5) is 0 Å². The summed E-state index contributed by atoms with van der Waals surface area (Å²) in [5.74, 6) is 0. The molecule has 0 radical (unpaired) electrons. The van der Waals surface area contributed by atoms with Crippen molar-refractivity contribution in [1.29, 1.82) is 0 Å². The van der Waals surface area contributed by atoms with E-state index < -0.39 is 0 Å². The summed E-state index contributed by atoms with van der Waals surface area (Å²) in [5.41, 5.74) is 15.1. The maximum absolute atomic E-state index is 6.98. The number of hydrogen-bond acceptors (Lipinski definition) is 4. The van der Waals surface area contributed by atoms with Gasteiger partial charge in [0, 0.05) is 43.4 Å². The van der Waals surface area contributed by atoms with Crippen molar-refractivity contribution in [1.82, 2.24) is 0 Å². The molecular weight excluding hydrogens is 857 g/mol. The van der Waals surface area contributed by atoms with Crippen LogP contribution in [0.15, 0.2) is 236 Å². The van der Waals surface area contributed by atoms with Crippen LogP contribution in [0, 0.1) is 0 Å². The first-order valence-corrected chi connectivity index (χ1v) is 23.8. The predicted molar refractivity (Wildman–Crippen MR) is 290 cm³/mol. The number of hydrogen-bond donors (Lipinski definition) is 0. The Morgan fingerprint density at radius 1 is 0.214 bits per heavy atom. The summed E-state index contributed by atoms with van der Waals surface area (Å²) >= 11 is 0.